The lowest BCUT2D eigenvalue weighted by molar-refractivity contribution is -0.143. The van der Waals surface area contributed by atoms with Crippen LogP contribution in [0.5, 0.6) is 0 Å². The molecule has 2 rings (SSSR count). The number of halogens is 2. The molecule has 1 heterocycles. The van der Waals surface area contributed by atoms with Crippen molar-refractivity contribution in [3.05, 3.63) is 35.4 Å². The monoisotopic (exact) mass is 326 g/mol. The van der Waals surface area contributed by atoms with E-state index < -0.39 is 11.6 Å². The van der Waals surface area contributed by atoms with Gasteiger partial charge in [0.05, 0.1) is 7.11 Å². The second-order valence-electron chi connectivity index (χ2n) is 5.95. The Labute approximate surface area is 135 Å². The van der Waals surface area contributed by atoms with Crippen molar-refractivity contribution >= 4 is 5.97 Å². The normalized spacial score (nSPS) is 17.9. The van der Waals surface area contributed by atoms with Crippen molar-refractivity contribution in [2.45, 2.75) is 44.8 Å². The van der Waals surface area contributed by atoms with E-state index in [4.69, 9.17) is 4.74 Å². The summed E-state index contributed by atoms with van der Waals surface area (Å²) >= 11 is 0. The Bertz CT molecular complexity index is 531. The molecule has 23 heavy (non-hydrogen) atoms. The van der Waals surface area contributed by atoms with E-state index in [0.717, 1.165) is 31.5 Å². The number of hydrogen-bond acceptors (Lipinski definition) is 4. The van der Waals surface area contributed by atoms with Crippen molar-refractivity contribution in [2.24, 2.45) is 0 Å². The summed E-state index contributed by atoms with van der Waals surface area (Å²) in [7, 11) is 1.40. The van der Waals surface area contributed by atoms with Crippen molar-refractivity contribution in [3.63, 3.8) is 0 Å². The molecule has 0 unspecified atom stereocenters. The fraction of sp³-hybridized carbons (Fsp3) is 0.588. The van der Waals surface area contributed by atoms with Crippen molar-refractivity contribution in [1.29, 1.82) is 0 Å². The third-order valence-electron chi connectivity index (χ3n) is 4.31. The minimum Gasteiger partial charge on any atom is -0.468 e. The van der Waals surface area contributed by atoms with E-state index in [1.165, 1.54) is 19.2 Å². The zero-order chi connectivity index (χ0) is 16.8. The van der Waals surface area contributed by atoms with Crippen LogP contribution in [0.25, 0.3) is 0 Å². The third kappa shape index (κ3) is 4.97. The molecule has 1 aromatic carbocycles. The lowest BCUT2D eigenvalue weighted by Gasteiger charge is -2.34. The van der Waals surface area contributed by atoms with Gasteiger partial charge in [-0.05, 0) is 50.0 Å². The average molecular weight is 326 g/mol. The van der Waals surface area contributed by atoms with E-state index in [-0.39, 0.29) is 18.1 Å². The lowest BCUT2D eigenvalue weighted by Crippen LogP contribution is -2.48. The number of carbonyl (C=O) groups is 1. The Morgan fingerprint density at radius 3 is 2.61 bits per heavy atom. The molecule has 0 aromatic heterocycles. The topological polar surface area (TPSA) is 41.6 Å². The summed E-state index contributed by atoms with van der Waals surface area (Å²) in [6, 6.07) is 4.06. The van der Waals surface area contributed by atoms with E-state index >= 15 is 0 Å². The van der Waals surface area contributed by atoms with Gasteiger partial charge in [-0.1, -0.05) is 13.0 Å². The van der Waals surface area contributed by atoms with Gasteiger partial charge < -0.3 is 10.1 Å². The van der Waals surface area contributed by atoms with Gasteiger partial charge in [-0.15, -0.1) is 0 Å². The summed E-state index contributed by atoms with van der Waals surface area (Å²) < 4.78 is 31.0. The Morgan fingerprint density at radius 1 is 1.35 bits per heavy atom. The van der Waals surface area contributed by atoms with Crippen LogP contribution >= 0.6 is 0 Å². The number of carbonyl (C=O) groups excluding carboxylic acids is 1. The highest BCUT2D eigenvalue weighted by Crippen LogP contribution is 2.16. The minimum absolute atomic E-state index is 0.225. The maximum atomic E-state index is 13.2. The highest BCUT2D eigenvalue weighted by Gasteiger charge is 2.24. The van der Waals surface area contributed by atoms with Crippen LogP contribution in [0.1, 0.15) is 31.7 Å². The van der Waals surface area contributed by atoms with Crippen LogP contribution in [-0.2, 0) is 16.1 Å². The first-order valence-electron chi connectivity index (χ1n) is 8.03. The summed E-state index contributed by atoms with van der Waals surface area (Å²) in [6.45, 7) is 4.27. The zero-order valence-corrected chi connectivity index (χ0v) is 13.6. The minimum atomic E-state index is -0.815. The number of rotatable bonds is 6. The van der Waals surface area contributed by atoms with Crippen LogP contribution in [0.15, 0.2) is 18.2 Å². The van der Waals surface area contributed by atoms with E-state index in [1.807, 2.05) is 6.92 Å². The molecule has 1 N–H and O–H groups in total. The molecular formula is C17H24F2N2O2. The van der Waals surface area contributed by atoms with Gasteiger partial charge in [0.2, 0.25) is 0 Å². The molecule has 0 radical (unpaired) electrons. The van der Waals surface area contributed by atoms with Gasteiger partial charge in [0.1, 0.15) is 6.04 Å². The molecule has 0 spiro atoms. The van der Waals surface area contributed by atoms with Crippen molar-refractivity contribution in [1.82, 2.24) is 10.2 Å². The Kier molecular flexibility index (Phi) is 6.47. The lowest BCUT2D eigenvalue weighted by atomic mass is 10.0. The van der Waals surface area contributed by atoms with E-state index in [1.54, 1.807) is 6.07 Å². The molecule has 0 saturated carbocycles. The second-order valence-corrected chi connectivity index (χ2v) is 5.95. The van der Waals surface area contributed by atoms with Crippen LogP contribution in [0, 0.1) is 11.6 Å². The Morgan fingerprint density at radius 2 is 2.04 bits per heavy atom. The van der Waals surface area contributed by atoms with Gasteiger partial charge >= 0.3 is 5.97 Å². The molecular weight excluding hydrogens is 302 g/mol. The standard InChI is InChI=1S/C17H24F2N2O2/c1-3-16(17(22)23-2)20-13-6-8-21(9-7-13)11-12-4-5-14(18)15(19)10-12/h4-5,10,13,16,20H,3,6-9,11H2,1-2H3/t16-/m0/s1. The number of ether oxygens (including phenoxy) is 1. The number of esters is 1. The van der Waals surface area contributed by atoms with Gasteiger partial charge in [-0.3, -0.25) is 9.69 Å². The SMILES string of the molecule is CC[C@H](NC1CCN(Cc2ccc(F)c(F)c2)CC1)C(=O)OC. The molecule has 1 aliphatic rings. The quantitative estimate of drug-likeness (QED) is 0.816. The van der Waals surface area contributed by atoms with E-state index in [0.29, 0.717) is 13.0 Å². The molecule has 1 saturated heterocycles. The van der Waals surface area contributed by atoms with Crippen molar-refractivity contribution in [3.8, 4) is 0 Å². The molecule has 1 aromatic rings. The molecule has 6 heteroatoms. The largest absolute Gasteiger partial charge is 0.468 e. The fourth-order valence-corrected chi connectivity index (χ4v) is 2.93. The smallest absolute Gasteiger partial charge is 0.322 e. The number of likely N-dealkylation sites (tertiary alicyclic amines) is 1. The predicted octanol–water partition coefficient (Wildman–Crippen LogP) is 2.47. The van der Waals surface area contributed by atoms with Gasteiger partial charge in [0.15, 0.2) is 11.6 Å². The average Bonchev–Trinajstić information content (AvgIpc) is 2.57. The Hall–Kier alpha value is -1.53. The first kappa shape index (κ1) is 17.8. The van der Waals surface area contributed by atoms with Crippen LogP contribution in [0.3, 0.4) is 0 Å². The van der Waals surface area contributed by atoms with E-state index in [9.17, 15) is 13.6 Å². The summed E-state index contributed by atoms with van der Waals surface area (Å²) in [6.07, 6.45) is 2.52. The first-order valence-corrected chi connectivity index (χ1v) is 8.03. The number of piperidine rings is 1. The van der Waals surface area contributed by atoms with Gasteiger partial charge in [-0.25, -0.2) is 8.78 Å². The highest BCUT2D eigenvalue weighted by atomic mass is 19.2. The van der Waals surface area contributed by atoms with Gasteiger partial charge in [0, 0.05) is 12.6 Å². The second kappa shape index (κ2) is 8.36. The number of hydrogen-bond donors (Lipinski definition) is 1. The predicted molar refractivity (Wildman–Crippen MR) is 83.9 cm³/mol. The van der Waals surface area contributed by atoms with Crippen LogP contribution < -0.4 is 5.32 Å². The zero-order valence-electron chi connectivity index (χ0n) is 13.6. The van der Waals surface area contributed by atoms with E-state index in [2.05, 4.69) is 10.2 Å². The number of nitrogens with zero attached hydrogens (tertiary/aromatic N) is 1. The van der Waals surface area contributed by atoms with Gasteiger partial charge in [0.25, 0.3) is 0 Å². The Balaban J connectivity index is 1.81. The van der Waals surface area contributed by atoms with Gasteiger partial charge in [-0.2, -0.15) is 0 Å². The third-order valence-corrected chi connectivity index (χ3v) is 4.31. The maximum absolute atomic E-state index is 13.2. The van der Waals surface area contributed by atoms with Crippen LogP contribution in [-0.4, -0.2) is 43.2 Å². The maximum Gasteiger partial charge on any atom is 0.322 e. The number of benzene rings is 1. The molecule has 4 nitrogen and oxygen atoms in total. The molecule has 1 atom stereocenters. The molecule has 128 valence electrons. The molecule has 0 amide bonds. The fourth-order valence-electron chi connectivity index (χ4n) is 2.93. The highest BCUT2D eigenvalue weighted by molar-refractivity contribution is 5.75. The van der Waals surface area contributed by atoms with Crippen molar-refractivity contribution in [2.75, 3.05) is 20.2 Å². The first-order chi connectivity index (χ1) is 11.0. The molecule has 0 aliphatic carbocycles. The molecule has 1 fully saturated rings. The molecule has 0 bridgehead atoms. The summed E-state index contributed by atoms with van der Waals surface area (Å²) in [5.41, 5.74) is 0.774. The summed E-state index contributed by atoms with van der Waals surface area (Å²) in [5, 5.41) is 3.35. The van der Waals surface area contributed by atoms with Crippen LogP contribution in [0.4, 0.5) is 8.78 Å². The number of methoxy groups -OCH3 is 1. The molecule has 1 aliphatic heterocycles. The number of nitrogens with one attached hydrogen (secondary N) is 1. The van der Waals surface area contributed by atoms with Crippen molar-refractivity contribution < 1.29 is 18.3 Å². The summed E-state index contributed by atoms with van der Waals surface area (Å²) in [5.74, 6) is -1.84. The van der Waals surface area contributed by atoms with Crippen LogP contribution in [0.2, 0.25) is 0 Å². The summed E-state index contributed by atoms with van der Waals surface area (Å²) in [4.78, 5) is 13.8.